The molecular weight excluding hydrogens is 346 g/mol. The molecule has 0 saturated carbocycles. The highest BCUT2D eigenvalue weighted by Crippen LogP contribution is 2.34. The Morgan fingerprint density at radius 3 is 2.44 bits per heavy atom. The van der Waals surface area contributed by atoms with E-state index < -0.39 is 0 Å². The number of para-hydroxylation sites is 1. The van der Waals surface area contributed by atoms with Gasteiger partial charge in [-0.15, -0.1) is 0 Å². The number of benzene rings is 2. The lowest BCUT2D eigenvalue weighted by Crippen LogP contribution is -2.22. The zero-order valence-corrected chi connectivity index (χ0v) is 15.8. The summed E-state index contributed by atoms with van der Waals surface area (Å²) in [7, 11) is 4.84. The van der Waals surface area contributed by atoms with Crippen LogP contribution in [0, 0.1) is 0 Å². The quantitative estimate of drug-likeness (QED) is 0.812. The van der Waals surface area contributed by atoms with E-state index in [9.17, 15) is 4.79 Å². The Kier molecular flexibility index (Phi) is 6.03. The molecule has 7 nitrogen and oxygen atoms in total. The van der Waals surface area contributed by atoms with Crippen LogP contribution in [0.15, 0.2) is 42.5 Å². The Labute approximate surface area is 159 Å². The van der Waals surface area contributed by atoms with Gasteiger partial charge in [0.05, 0.1) is 26.0 Å². The highest BCUT2D eigenvalue weighted by atomic mass is 16.5. The number of amides is 2. The molecule has 1 heterocycles. The number of methoxy groups -OCH3 is 3. The predicted molar refractivity (Wildman–Crippen MR) is 106 cm³/mol. The molecule has 3 rings (SSSR count). The second-order valence-electron chi connectivity index (χ2n) is 6.26. The molecule has 144 valence electrons. The van der Waals surface area contributed by atoms with E-state index in [-0.39, 0.29) is 12.1 Å². The SMILES string of the molecule is COc1cccc(NC(=O)Nc2ccc(N3CCC(OC)C3)cc2)c1OC. The third kappa shape index (κ3) is 4.43. The Bertz CT molecular complexity index is 779. The lowest BCUT2D eigenvalue weighted by molar-refractivity contribution is 0.121. The summed E-state index contributed by atoms with van der Waals surface area (Å²) in [5.74, 6) is 1.03. The third-order valence-corrected chi connectivity index (χ3v) is 4.62. The minimum absolute atomic E-state index is 0.284. The molecule has 1 aliphatic heterocycles. The van der Waals surface area contributed by atoms with Crippen LogP contribution in [-0.4, -0.2) is 46.6 Å². The first-order valence-electron chi connectivity index (χ1n) is 8.81. The van der Waals surface area contributed by atoms with E-state index in [2.05, 4.69) is 15.5 Å². The molecule has 1 atom stereocenters. The zero-order chi connectivity index (χ0) is 19.2. The molecule has 2 amide bonds. The van der Waals surface area contributed by atoms with E-state index in [1.807, 2.05) is 24.3 Å². The monoisotopic (exact) mass is 371 g/mol. The van der Waals surface area contributed by atoms with Gasteiger partial charge in [0.25, 0.3) is 0 Å². The number of nitrogens with zero attached hydrogens (tertiary/aromatic N) is 1. The molecule has 1 unspecified atom stereocenters. The molecule has 2 aromatic carbocycles. The second kappa shape index (κ2) is 8.64. The fourth-order valence-corrected chi connectivity index (χ4v) is 3.18. The molecule has 1 fully saturated rings. The number of carbonyl (C=O) groups excluding carboxylic acids is 1. The first kappa shape index (κ1) is 18.8. The second-order valence-corrected chi connectivity index (χ2v) is 6.26. The first-order chi connectivity index (χ1) is 13.1. The zero-order valence-electron chi connectivity index (χ0n) is 15.8. The molecular formula is C20H25N3O4. The van der Waals surface area contributed by atoms with Crippen molar-refractivity contribution in [3.05, 3.63) is 42.5 Å². The highest BCUT2D eigenvalue weighted by Gasteiger charge is 2.22. The number of hydrogen-bond acceptors (Lipinski definition) is 5. The molecule has 2 N–H and O–H groups in total. The van der Waals surface area contributed by atoms with E-state index >= 15 is 0 Å². The summed E-state index contributed by atoms with van der Waals surface area (Å²) in [6.45, 7) is 1.86. The molecule has 27 heavy (non-hydrogen) atoms. The molecule has 2 aromatic rings. The Morgan fingerprint density at radius 2 is 1.81 bits per heavy atom. The van der Waals surface area contributed by atoms with Crippen LogP contribution in [-0.2, 0) is 4.74 Å². The molecule has 0 bridgehead atoms. The maximum Gasteiger partial charge on any atom is 0.323 e. The summed E-state index contributed by atoms with van der Waals surface area (Å²) in [6, 6.07) is 12.7. The van der Waals surface area contributed by atoms with Crippen LogP contribution in [0.4, 0.5) is 21.9 Å². The number of hydrogen-bond donors (Lipinski definition) is 2. The minimum atomic E-state index is -0.352. The topological polar surface area (TPSA) is 72.1 Å². The summed E-state index contributed by atoms with van der Waals surface area (Å²) in [4.78, 5) is 14.6. The van der Waals surface area contributed by atoms with Crippen molar-refractivity contribution in [2.75, 3.05) is 50.0 Å². The lowest BCUT2D eigenvalue weighted by atomic mass is 10.2. The molecule has 0 aliphatic carbocycles. The van der Waals surface area contributed by atoms with Crippen LogP contribution in [0.5, 0.6) is 11.5 Å². The Morgan fingerprint density at radius 1 is 1.04 bits per heavy atom. The van der Waals surface area contributed by atoms with Gasteiger partial charge in [-0.2, -0.15) is 0 Å². The van der Waals surface area contributed by atoms with Crippen LogP contribution >= 0.6 is 0 Å². The molecule has 1 saturated heterocycles. The number of rotatable bonds is 6. The van der Waals surface area contributed by atoms with Crippen molar-refractivity contribution in [2.24, 2.45) is 0 Å². The average Bonchev–Trinajstić information content (AvgIpc) is 3.17. The molecule has 1 aliphatic rings. The van der Waals surface area contributed by atoms with Crippen molar-refractivity contribution < 1.29 is 19.0 Å². The maximum atomic E-state index is 12.3. The summed E-state index contributed by atoms with van der Waals surface area (Å²) < 4.78 is 16.0. The number of anilines is 3. The largest absolute Gasteiger partial charge is 0.493 e. The summed E-state index contributed by atoms with van der Waals surface area (Å²) in [5.41, 5.74) is 2.37. The number of carbonyl (C=O) groups is 1. The highest BCUT2D eigenvalue weighted by molar-refractivity contribution is 6.01. The Hall–Kier alpha value is -2.93. The third-order valence-electron chi connectivity index (χ3n) is 4.62. The van der Waals surface area contributed by atoms with Gasteiger partial charge < -0.3 is 29.7 Å². The first-order valence-corrected chi connectivity index (χ1v) is 8.81. The number of urea groups is 1. The average molecular weight is 371 g/mol. The van der Waals surface area contributed by atoms with E-state index in [4.69, 9.17) is 14.2 Å². The van der Waals surface area contributed by atoms with Crippen LogP contribution in [0.3, 0.4) is 0 Å². The summed E-state index contributed by atoms with van der Waals surface area (Å²) in [5, 5.41) is 5.61. The fourth-order valence-electron chi connectivity index (χ4n) is 3.18. The van der Waals surface area contributed by atoms with Crippen molar-refractivity contribution in [1.29, 1.82) is 0 Å². The van der Waals surface area contributed by atoms with Crippen LogP contribution < -0.4 is 25.0 Å². The van der Waals surface area contributed by atoms with E-state index in [1.165, 1.54) is 7.11 Å². The van der Waals surface area contributed by atoms with Gasteiger partial charge >= 0.3 is 6.03 Å². The van der Waals surface area contributed by atoms with Gasteiger partial charge in [-0.25, -0.2) is 4.79 Å². The number of nitrogens with one attached hydrogen (secondary N) is 2. The Balaban J connectivity index is 1.62. The maximum absolute atomic E-state index is 12.3. The van der Waals surface area contributed by atoms with E-state index in [0.29, 0.717) is 22.9 Å². The standard InChI is InChI=1S/C20H25N3O4/c1-25-16-11-12-23(13-16)15-9-7-14(8-10-15)21-20(24)22-17-5-4-6-18(26-2)19(17)27-3/h4-10,16H,11-13H2,1-3H3,(H2,21,22,24). The summed E-state index contributed by atoms with van der Waals surface area (Å²) in [6.07, 6.45) is 1.31. The van der Waals surface area contributed by atoms with E-state index in [1.54, 1.807) is 32.4 Å². The van der Waals surface area contributed by atoms with Gasteiger partial charge in [-0.3, -0.25) is 0 Å². The van der Waals surface area contributed by atoms with Gasteiger partial charge in [0.2, 0.25) is 0 Å². The van der Waals surface area contributed by atoms with Gasteiger partial charge in [0.1, 0.15) is 0 Å². The van der Waals surface area contributed by atoms with Crippen molar-refractivity contribution in [3.8, 4) is 11.5 Å². The van der Waals surface area contributed by atoms with Crippen LogP contribution in [0.2, 0.25) is 0 Å². The molecule has 0 aromatic heterocycles. The minimum Gasteiger partial charge on any atom is -0.493 e. The normalized spacial score (nSPS) is 16.1. The van der Waals surface area contributed by atoms with Crippen molar-refractivity contribution >= 4 is 23.1 Å². The van der Waals surface area contributed by atoms with Gasteiger partial charge in [-0.1, -0.05) is 6.07 Å². The van der Waals surface area contributed by atoms with Crippen molar-refractivity contribution in [2.45, 2.75) is 12.5 Å². The molecule has 7 heteroatoms. The fraction of sp³-hybridized carbons (Fsp3) is 0.350. The van der Waals surface area contributed by atoms with Crippen molar-refractivity contribution in [1.82, 2.24) is 0 Å². The van der Waals surface area contributed by atoms with Gasteiger partial charge in [-0.05, 0) is 42.8 Å². The summed E-state index contributed by atoms with van der Waals surface area (Å²) >= 11 is 0. The van der Waals surface area contributed by atoms with Crippen LogP contribution in [0.25, 0.3) is 0 Å². The predicted octanol–water partition coefficient (Wildman–Crippen LogP) is 3.57. The lowest BCUT2D eigenvalue weighted by Gasteiger charge is -2.19. The van der Waals surface area contributed by atoms with Gasteiger partial charge in [0, 0.05) is 31.6 Å². The molecule has 0 radical (unpaired) electrons. The van der Waals surface area contributed by atoms with E-state index in [0.717, 1.165) is 25.2 Å². The molecule has 0 spiro atoms. The number of ether oxygens (including phenoxy) is 3. The van der Waals surface area contributed by atoms with Crippen LogP contribution in [0.1, 0.15) is 6.42 Å². The smallest absolute Gasteiger partial charge is 0.323 e. The van der Waals surface area contributed by atoms with Crippen molar-refractivity contribution in [3.63, 3.8) is 0 Å². The van der Waals surface area contributed by atoms with Gasteiger partial charge in [0.15, 0.2) is 11.5 Å².